The van der Waals surface area contributed by atoms with Gasteiger partial charge in [0.2, 0.25) is 0 Å². The van der Waals surface area contributed by atoms with E-state index in [1.165, 1.54) is 6.42 Å². The lowest BCUT2D eigenvalue weighted by Crippen LogP contribution is -2.37. The Bertz CT molecular complexity index is 276. The first-order valence-electron chi connectivity index (χ1n) is 7.23. The monoisotopic (exact) mass is 272 g/mol. The number of hydrogen-bond acceptors (Lipinski definition) is 4. The Morgan fingerprint density at radius 3 is 2.68 bits per heavy atom. The summed E-state index contributed by atoms with van der Waals surface area (Å²) in [5, 5.41) is 15.4. The summed E-state index contributed by atoms with van der Waals surface area (Å²) in [6.07, 6.45) is 3.96. The minimum absolute atomic E-state index is 0.272. The lowest BCUT2D eigenvalue weighted by atomic mass is 10.1. The molecule has 1 aliphatic carbocycles. The number of nitrogens with one attached hydrogen (secondary N) is 2. The van der Waals surface area contributed by atoms with E-state index in [2.05, 4.69) is 10.6 Å². The normalized spacial score (nSPS) is 23.4. The Hall–Kier alpha value is -0.810. The van der Waals surface area contributed by atoms with E-state index in [0.717, 1.165) is 25.8 Å². The molecule has 2 unspecified atom stereocenters. The molecular weight excluding hydrogens is 244 g/mol. The maximum atomic E-state index is 11.4. The van der Waals surface area contributed by atoms with Crippen LogP contribution in [-0.4, -0.2) is 42.5 Å². The van der Waals surface area contributed by atoms with Crippen LogP contribution >= 0.6 is 0 Å². The lowest BCUT2D eigenvalue weighted by molar-refractivity contribution is 0.0527. The van der Waals surface area contributed by atoms with Crippen LogP contribution < -0.4 is 10.6 Å². The van der Waals surface area contributed by atoms with Gasteiger partial charge in [-0.05, 0) is 52.5 Å². The highest BCUT2D eigenvalue weighted by Crippen LogP contribution is 2.24. The average molecular weight is 272 g/mol. The predicted octanol–water partition coefficient (Wildman–Crippen LogP) is 1.65. The van der Waals surface area contributed by atoms with Crippen molar-refractivity contribution in [3.8, 4) is 0 Å². The molecular formula is C14H28N2O3. The van der Waals surface area contributed by atoms with Gasteiger partial charge in [0.1, 0.15) is 5.60 Å². The fourth-order valence-electron chi connectivity index (χ4n) is 2.40. The summed E-state index contributed by atoms with van der Waals surface area (Å²) < 4.78 is 5.15. The number of alkyl carbamates (subject to hydrolysis) is 1. The fraction of sp³-hybridized carbons (Fsp3) is 0.929. The van der Waals surface area contributed by atoms with E-state index in [4.69, 9.17) is 4.74 Å². The Labute approximate surface area is 116 Å². The molecule has 2 atom stereocenters. The zero-order chi connectivity index (χ0) is 14.3. The highest BCUT2D eigenvalue weighted by atomic mass is 16.6. The van der Waals surface area contributed by atoms with Gasteiger partial charge in [0.05, 0.1) is 0 Å². The van der Waals surface area contributed by atoms with E-state index >= 15 is 0 Å². The fourth-order valence-corrected chi connectivity index (χ4v) is 2.40. The van der Waals surface area contributed by atoms with Crippen molar-refractivity contribution in [1.29, 1.82) is 0 Å². The third-order valence-corrected chi connectivity index (χ3v) is 3.32. The molecule has 0 aromatic carbocycles. The van der Waals surface area contributed by atoms with Crippen LogP contribution in [0, 0.1) is 5.92 Å². The Kier molecular flexibility index (Phi) is 6.58. The third-order valence-electron chi connectivity index (χ3n) is 3.32. The Morgan fingerprint density at radius 2 is 2.05 bits per heavy atom. The van der Waals surface area contributed by atoms with Gasteiger partial charge in [-0.3, -0.25) is 0 Å². The van der Waals surface area contributed by atoms with Gasteiger partial charge in [-0.25, -0.2) is 4.79 Å². The zero-order valence-corrected chi connectivity index (χ0v) is 12.4. The van der Waals surface area contributed by atoms with Gasteiger partial charge in [-0.2, -0.15) is 0 Å². The smallest absolute Gasteiger partial charge is 0.407 e. The van der Waals surface area contributed by atoms with Gasteiger partial charge in [0.15, 0.2) is 0 Å². The van der Waals surface area contributed by atoms with E-state index in [9.17, 15) is 9.90 Å². The molecule has 19 heavy (non-hydrogen) atoms. The second-order valence-corrected chi connectivity index (χ2v) is 6.22. The lowest BCUT2D eigenvalue weighted by Gasteiger charge is -2.20. The molecule has 0 bridgehead atoms. The number of hydrogen-bond donors (Lipinski definition) is 3. The molecule has 5 heteroatoms. The van der Waals surface area contributed by atoms with Crippen LogP contribution in [0.5, 0.6) is 0 Å². The number of aliphatic hydroxyl groups is 1. The van der Waals surface area contributed by atoms with Crippen molar-refractivity contribution in [1.82, 2.24) is 10.6 Å². The van der Waals surface area contributed by atoms with Gasteiger partial charge >= 0.3 is 6.09 Å². The van der Waals surface area contributed by atoms with E-state index in [0.29, 0.717) is 18.5 Å². The van der Waals surface area contributed by atoms with Crippen molar-refractivity contribution in [3.63, 3.8) is 0 Å². The maximum absolute atomic E-state index is 11.4. The standard InChI is InChI=1S/C14H28N2O3/c1-14(2,3)19-13(18)16-9-5-8-15-12-7-4-6-11(12)10-17/h11-12,15,17H,4-10H2,1-3H3,(H,16,18). The predicted molar refractivity (Wildman–Crippen MR) is 75.1 cm³/mol. The molecule has 0 radical (unpaired) electrons. The average Bonchev–Trinajstić information content (AvgIpc) is 2.73. The molecule has 112 valence electrons. The Balaban J connectivity index is 2.03. The minimum Gasteiger partial charge on any atom is -0.444 e. The topological polar surface area (TPSA) is 70.6 Å². The van der Waals surface area contributed by atoms with Crippen molar-refractivity contribution < 1.29 is 14.6 Å². The molecule has 1 amide bonds. The van der Waals surface area contributed by atoms with Crippen LogP contribution in [0.2, 0.25) is 0 Å². The number of carbonyl (C=O) groups is 1. The molecule has 1 saturated carbocycles. The molecule has 3 N–H and O–H groups in total. The van der Waals surface area contributed by atoms with Crippen molar-refractivity contribution >= 4 is 6.09 Å². The summed E-state index contributed by atoms with van der Waals surface area (Å²) in [6.45, 7) is 7.29. The molecule has 0 saturated heterocycles. The summed E-state index contributed by atoms with van der Waals surface area (Å²) in [5.41, 5.74) is -0.444. The maximum Gasteiger partial charge on any atom is 0.407 e. The zero-order valence-electron chi connectivity index (χ0n) is 12.4. The van der Waals surface area contributed by atoms with Gasteiger partial charge in [-0.1, -0.05) is 6.42 Å². The second-order valence-electron chi connectivity index (χ2n) is 6.22. The van der Waals surface area contributed by atoms with Gasteiger partial charge in [0, 0.05) is 19.2 Å². The van der Waals surface area contributed by atoms with Crippen LogP contribution in [0.3, 0.4) is 0 Å². The van der Waals surface area contributed by atoms with Gasteiger partial charge in [0.25, 0.3) is 0 Å². The molecule has 1 rings (SSSR count). The molecule has 0 spiro atoms. The molecule has 0 heterocycles. The quantitative estimate of drug-likeness (QED) is 0.643. The minimum atomic E-state index is -0.444. The largest absolute Gasteiger partial charge is 0.444 e. The third kappa shape index (κ3) is 6.78. The summed E-state index contributed by atoms with van der Waals surface area (Å²) >= 11 is 0. The molecule has 0 aromatic rings. The first-order chi connectivity index (χ1) is 8.92. The number of aliphatic hydroxyl groups excluding tert-OH is 1. The number of ether oxygens (including phenoxy) is 1. The number of carbonyl (C=O) groups excluding carboxylic acids is 1. The molecule has 0 aliphatic heterocycles. The number of rotatable bonds is 6. The second kappa shape index (κ2) is 7.70. The van der Waals surface area contributed by atoms with E-state index in [1.54, 1.807) is 0 Å². The van der Waals surface area contributed by atoms with Crippen molar-refractivity contribution in [2.75, 3.05) is 19.7 Å². The van der Waals surface area contributed by atoms with E-state index < -0.39 is 5.60 Å². The highest BCUT2D eigenvalue weighted by Gasteiger charge is 2.25. The van der Waals surface area contributed by atoms with Crippen LogP contribution in [0.15, 0.2) is 0 Å². The van der Waals surface area contributed by atoms with E-state index in [1.807, 2.05) is 20.8 Å². The first kappa shape index (κ1) is 16.2. The van der Waals surface area contributed by atoms with Gasteiger partial charge in [-0.15, -0.1) is 0 Å². The van der Waals surface area contributed by atoms with E-state index in [-0.39, 0.29) is 12.7 Å². The highest BCUT2D eigenvalue weighted by molar-refractivity contribution is 5.67. The summed E-state index contributed by atoms with van der Waals surface area (Å²) in [4.78, 5) is 11.4. The van der Waals surface area contributed by atoms with Crippen LogP contribution in [-0.2, 0) is 4.74 Å². The molecule has 0 aromatic heterocycles. The van der Waals surface area contributed by atoms with Crippen LogP contribution in [0.4, 0.5) is 4.79 Å². The van der Waals surface area contributed by atoms with Gasteiger partial charge < -0.3 is 20.5 Å². The Morgan fingerprint density at radius 1 is 1.32 bits per heavy atom. The van der Waals surface area contributed by atoms with Crippen LogP contribution in [0.1, 0.15) is 46.5 Å². The summed E-state index contributed by atoms with van der Waals surface area (Å²) in [7, 11) is 0. The van der Waals surface area contributed by atoms with Crippen LogP contribution in [0.25, 0.3) is 0 Å². The molecule has 5 nitrogen and oxygen atoms in total. The summed E-state index contributed by atoms with van der Waals surface area (Å²) in [5.74, 6) is 0.402. The summed E-state index contributed by atoms with van der Waals surface area (Å²) in [6, 6.07) is 0.437. The van der Waals surface area contributed by atoms with Crippen molar-refractivity contribution in [2.45, 2.75) is 58.1 Å². The molecule has 1 fully saturated rings. The molecule has 1 aliphatic rings. The first-order valence-corrected chi connectivity index (χ1v) is 7.23. The number of amides is 1. The van der Waals surface area contributed by atoms with Crippen molar-refractivity contribution in [2.24, 2.45) is 5.92 Å². The SMILES string of the molecule is CC(C)(C)OC(=O)NCCCNC1CCCC1CO. The van der Waals surface area contributed by atoms with Crippen molar-refractivity contribution in [3.05, 3.63) is 0 Å².